The second-order valence-electron chi connectivity index (χ2n) is 6.78. The molecule has 1 atom stereocenters. The molecule has 2 aromatic rings. The lowest BCUT2D eigenvalue weighted by atomic mass is 9.80. The van der Waals surface area contributed by atoms with Gasteiger partial charge in [0, 0.05) is 6.42 Å². The molecule has 0 spiro atoms. The largest absolute Gasteiger partial charge is 0.493 e. The zero-order valence-electron chi connectivity index (χ0n) is 13.0. The van der Waals surface area contributed by atoms with Gasteiger partial charge in [0.2, 0.25) is 0 Å². The van der Waals surface area contributed by atoms with Crippen molar-refractivity contribution < 1.29 is 4.74 Å². The van der Waals surface area contributed by atoms with Gasteiger partial charge in [0.05, 0.1) is 12.6 Å². The minimum absolute atomic E-state index is 0.0913. The molecular weight excluding hydrogens is 258 g/mol. The summed E-state index contributed by atoms with van der Waals surface area (Å²) < 4.78 is 5.58. The highest BCUT2D eigenvalue weighted by molar-refractivity contribution is 5.45. The predicted molar refractivity (Wildman–Crippen MR) is 86.8 cm³/mol. The van der Waals surface area contributed by atoms with Crippen LogP contribution in [0.15, 0.2) is 42.5 Å². The lowest BCUT2D eigenvalue weighted by Crippen LogP contribution is -2.20. The van der Waals surface area contributed by atoms with Gasteiger partial charge in [0.25, 0.3) is 0 Å². The molecule has 0 radical (unpaired) electrons. The Balaban J connectivity index is 2.01. The number of nitrogens with two attached hydrogens (primary N) is 1. The molecule has 2 N–H and O–H groups in total. The zero-order chi connectivity index (χ0) is 15.0. The maximum absolute atomic E-state index is 6.57. The molecule has 1 heterocycles. The molecule has 2 aromatic carbocycles. The summed E-state index contributed by atoms with van der Waals surface area (Å²) in [7, 11) is 0. The van der Waals surface area contributed by atoms with Crippen LogP contribution in [0.25, 0.3) is 0 Å². The Morgan fingerprint density at radius 3 is 2.62 bits per heavy atom. The van der Waals surface area contributed by atoms with Crippen molar-refractivity contribution in [1.29, 1.82) is 0 Å². The molecule has 0 saturated carbocycles. The lowest BCUT2D eigenvalue weighted by Gasteiger charge is -2.26. The normalized spacial score (nSPS) is 15.4. The number of fused-ring (bicyclic) bond motifs is 1. The molecular formula is C19H23NO. The van der Waals surface area contributed by atoms with Gasteiger partial charge in [-0.2, -0.15) is 0 Å². The van der Waals surface area contributed by atoms with Crippen LogP contribution in [-0.4, -0.2) is 6.61 Å². The van der Waals surface area contributed by atoms with Gasteiger partial charge in [0.15, 0.2) is 0 Å². The first kappa shape index (κ1) is 14.2. The Morgan fingerprint density at radius 2 is 1.86 bits per heavy atom. The first-order chi connectivity index (χ1) is 9.97. The minimum Gasteiger partial charge on any atom is -0.493 e. The molecule has 0 aliphatic carbocycles. The van der Waals surface area contributed by atoms with Crippen molar-refractivity contribution in [2.75, 3.05) is 6.61 Å². The fraction of sp³-hybridized carbons (Fsp3) is 0.368. The summed E-state index contributed by atoms with van der Waals surface area (Å²) in [6, 6.07) is 14.7. The number of hydrogen-bond acceptors (Lipinski definition) is 2. The highest BCUT2D eigenvalue weighted by Crippen LogP contribution is 2.34. The van der Waals surface area contributed by atoms with E-state index in [0.717, 1.165) is 24.3 Å². The van der Waals surface area contributed by atoms with Crippen molar-refractivity contribution in [2.45, 2.75) is 38.6 Å². The Kier molecular flexibility index (Phi) is 3.50. The number of ether oxygens (including phenoxy) is 1. The molecule has 0 fully saturated rings. The van der Waals surface area contributed by atoms with Gasteiger partial charge in [0.1, 0.15) is 5.75 Å². The molecule has 3 rings (SSSR count). The van der Waals surface area contributed by atoms with E-state index < -0.39 is 0 Å². The first-order valence-electron chi connectivity index (χ1n) is 7.57. The van der Waals surface area contributed by atoms with E-state index in [1.165, 1.54) is 16.7 Å². The predicted octanol–water partition coefficient (Wildman–Crippen LogP) is 3.97. The molecule has 0 amide bonds. The van der Waals surface area contributed by atoms with E-state index in [-0.39, 0.29) is 11.5 Å². The molecule has 1 aliphatic rings. The Hall–Kier alpha value is -1.80. The summed E-state index contributed by atoms with van der Waals surface area (Å²) in [5.41, 5.74) is 11.6. The lowest BCUT2D eigenvalue weighted by molar-refractivity contribution is 0.357. The molecule has 110 valence electrons. The van der Waals surface area contributed by atoms with E-state index in [2.05, 4.69) is 63.2 Å². The summed E-state index contributed by atoms with van der Waals surface area (Å²) in [5, 5.41) is 0. The quantitative estimate of drug-likeness (QED) is 0.904. The van der Waals surface area contributed by atoms with E-state index in [1.54, 1.807) is 0 Å². The fourth-order valence-corrected chi connectivity index (χ4v) is 3.03. The van der Waals surface area contributed by atoms with Crippen LogP contribution in [-0.2, 0) is 11.8 Å². The van der Waals surface area contributed by atoms with Crippen molar-refractivity contribution in [2.24, 2.45) is 5.73 Å². The first-order valence-corrected chi connectivity index (χ1v) is 7.57. The van der Waals surface area contributed by atoms with Gasteiger partial charge in [-0.05, 0) is 33.7 Å². The summed E-state index contributed by atoms with van der Waals surface area (Å²) in [6.07, 6.45) is 0.983. The molecule has 21 heavy (non-hydrogen) atoms. The molecule has 0 saturated heterocycles. The fourth-order valence-electron chi connectivity index (χ4n) is 3.03. The monoisotopic (exact) mass is 281 g/mol. The van der Waals surface area contributed by atoms with E-state index in [9.17, 15) is 0 Å². The van der Waals surface area contributed by atoms with Crippen molar-refractivity contribution in [3.63, 3.8) is 0 Å². The van der Waals surface area contributed by atoms with Crippen molar-refractivity contribution in [3.05, 3.63) is 64.7 Å². The van der Waals surface area contributed by atoms with Gasteiger partial charge in [-0.3, -0.25) is 0 Å². The van der Waals surface area contributed by atoms with E-state index in [4.69, 9.17) is 10.5 Å². The van der Waals surface area contributed by atoms with Crippen LogP contribution in [0.1, 0.15) is 49.1 Å². The molecule has 0 aromatic heterocycles. The van der Waals surface area contributed by atoms with Crippen LogP contribution in [0.3, 0.4) is 0 Å². The molecule has 2 heteroatoms. The van der Waals surface area contributed by atoms with Gasteiger partial charge in [-0.1, -0.05) is 57.2 Å². The van der Waals surface area contributed by atoms with E-state index >= 15 is 0 Å². The third-order valence-electron chi connectivity index (χ3n) is 4.18. The maximum Gasteiger partial charge on any atom is 0.122 e. The number of hydrogen-bond donors (Lipinski definition) is 1. The molecule has 1 aliphatic heterocycles. The summed E-state index contributed by atoms with van der Waals surface area (Å²) in [5.74, 6) is 1.01. The second kappa shape index (κ2) is 5.19. The van der Waals surface area contributed by atoms with Gasteiger partial charge >= 0.3 is 0 Å². The number of rotatable bonds is 2. The Labute approximate surface area is 126 Å². The van der Waals surface area contributed by atoms with Crippen molar-refractivity contribution >= 4 is 0 Å². The van der Waals surface area contributed by atoms with Gasteiger partial charge in [-0.15, -0.1) is 0 Å². The average molecular weight is 281 g/mol. The third-order valence-corrected chi connectivity index (χ3v) is 4.18. The van der Waals surface area contributed by atoms with Crippen molar-refractivity contribution in [1.82, 2.24) is 0 Å². The Morgan fingerprint density at radius 1 is 1.10 bits per heavy atom. The van der Waals surface area contributed by atoms with Crippen molar-refractivity contribution in [3.8, 4) is 5.75 Å². The van der Waals surface area contributed by atoms with Crippen LogP contribution in [0.4, 0.5) is 0 Å². The van der Waals surface area contributed by atoms with Gasteiger partial charge < -0.3 is 10.5 Å². The Bertz CT molecular complexity index is 655. The molecule has 1 unspecified atom stereocenters. The van der Waals surface area contributed by atoms with Crippen LogP contribution >= 0.6 is 0 Å². The van der Waals surface area contributed by atoms with E-state index in [0.29, 0.717) is 0 Å². The van der Waals surface area contributed by atoms with Crippen LogP contribution < -0.4 is 10.5 Å². The van der Waals surface area contributed by atoms with Gasteiger partial charge in [-0.25, -0.2) is 0 Å². The standard InChI is InChI=1S/C19H23NO/c1-19(2,3)16-7-5-4-6-15(16)18(20)14-8-9-17-13(12-14)10-11-21-17/h4-9,12,18H,10-11,20H2,1-3H3. The third kappa shape index (κ3) is 2.68. The highest BCUT2D eigenvalue weighted by atomic mass is 16.5. The van der Waals surface area contributed by atoms with E-state index in [1.807, 2.05) is 0 Å². The van der Waals surface area contributed by atoms with Crippen LogP contribution in [0.2, 0.25) is 0 Å². The maximum atomic E-state index is 6.57. The second-order valence-corrected chi connectivity index (χ2v) is 6.78. The smallest absolute Gasteiger partial charge is 0.122 e. The number of benzene rings is 2. The molecule has 2 nitrogen and oxygen atoms in total. The highest BCUT2D eigenvalue weighted by Gasteiger charge is 2.22. The SMILES string of the molecule is CC(C)(C)c1ccccc1C(N)c1ccc2c(c1)CCO2. The summed E-state index contributed by atoms with van der Waals surface area (Å²) in [6.45, 7) is 7.48. The summed E-state index contributed by atoms with van der Waals surface area (Å²) >= 11 is 0. The topological polar surface area (TPSA) is 35.2 Å². The zero-order valence-corrected chi connectivity index (χ0v) is 13.0. The van der Waals surface area contributed by atoms with Crippen LogP contribution in [0.5, 0.6) is 5.75 Å². The average Bonchev–Trinajstić information content (AvgIpc) is 2.93. The molecule has 0 bridgehead atoms. The summed E-state index contributed by atoms with van der Waals surface area (Å²) in [4.78, 5) is 0. The van der Waals surface area contributed by atoms with Crippen LogP contribution in [0, 0.1) is 0 Å². The minimum atomic E-state index is -0.0914.